The Bertz CT molecular complexity index is 860. The maximum Gasteiger partial charge on any atom is 0.416 e. The average molecular weight is 395 g/mol. The number of nitrogens with zero attached hydrogens (tertiary/aromatic N) is 4. The van der Waals surface area contributed by atoms with Gasteiger partial charge in [0.05, 0.1) is 16.9 Å². The lowest BCUT2D eigenvalue weighted by Gasteiger charge is -2.35. The first-order valence-electron chi connectivity index (χ1n) is 8.67. The van der Waals surface area contributed by atoms with Crippen molar-refractivity contribution in [2.24, 2.45) is 0 Å². The van der Waals surface area contributed by atoms with Gasteiger partial charge >= 0.3 is 12.3 Å². The van der Waals surface area contributed by atoms with Gasteiger partial charge in [-0.1, -0.05) is 0 Å². The standard InChI is InChI=1S/C18H20F3N5O2/c1-11-9-12(2)23-16(22-11)24-14-10-13(18(19,20)21)3-4-15(14)25-5-7-26(8-6-25)17(27)28/h3-4,9-10H,5-8H2,1-2H3,(H,27,28)(H,22,23,24). The maximum absolute atomic E-state index is 13.2. The Hall–Kier alpha value is -3.04. The third-order valence-corrected chi connectivity index (χ3v) is 4.44. The van der Waals surface area contributed by atoms with Crippen molar-refractivity contribution in [1.29, 1.82) is 0 Å². The molecule has 28 heavy (non-hydrogen) atoms. The molecule has 2 N–H and O–H groups in total. The minimum Gasteiger partial charge on any atom is -0.465 e. The third kappa shape index (κ3) is 4.44. The number of carbonyl (C=O) groups is 1. The van der Waals surface area contributed by atoms with Crippen molar-refractivity contribution in [2.45, 2.75) is 20.0 Å². The van der Waals surface area contributed by atoms with E-state index in [4.69, 9.17) is 5.11 Å². The summed E-state index contributed by atoms with van der Waals surface area (Å²) in [5.41, 5.74) is 1.37. The minimum atomic E-state index is -4.49. The molecule has 1 saturated heterocycles. The zero-order valence-corrected chi connectivity index (χ0v) is 15.4. The quantitative estimate of drug-likeness (QED) is 0.826. The molecule has 0 atom stereocenters. The molecule has 1 aliphatic heterocycles. The Morgan fingerprint density at radius 2 is 1.68 bits per heavy atom. The van der Waals surface area contributed by atoms with Gasteiger partial charge in [-0.25, -0.2) is 14.8 Å². The molecule has 0 bridgehead atoms. The fourth-order valence-electron chi connectivity index (χ4n) is 3.13. The van der Waals surface area contributed by atoms with Crippen LogP contribution in [0.15, 0.2) is 24.3 Å². The molecule has 1 amide bonds. The number of rotatable bonds is 3. The molecule has 1 aliphatic rings. The van der Waals surface area contributed by atoms with E-state index in [2.05, 4.69) is 15.3 Å². The van der Waals surface area contributed by atoms with Crippen molar-refractivity contribution in [3.05, 3.63) is 41.2 Å². The van der Waals surface area contributed by atoms with E-state index in [1.165, 1.54) is 11.0 Å². The highest BCUT2D eigenvalue weighted by molar-refractivity contribution is 5.75. The van der Waals surface area contributed by atoms with E-state index in [0.29, 0.717) is 30.2 Å². The lowest BCUT2D eigenvalue weighted by atomic mass is 10.1. The van der Waals surface area contributed by atoms with Crippen molar-refractivity contribution in [3.63, 3.8) is 0 Å². The average Bonchev–Trinajstić information content (AvgIpc) is 2.60. The number of anilines is 3. The van der Waals surface area contributed by atoms with Gasteiger partial charge < -0.3 is 20.2 Å². The third-order valence-electron chi connectivity index (χ3n) is 4.44. The molecule has 3 rings (SSSR count). The van der Waals surface area contributed by atoms with Crippen LogP contribution >= 0.6 is 0 Å². The zero-order chi connectivity index (χ0) is 20.5. The number of carboxylic acid groups (broad SMARTS) is 1. The second-order valence-electron chi connectivity index (χ2n) is 6.59. The van der Waals surface area contributed by atoms with Crippen LogP contribution in [0.4, 0.5) is 35.3 Å². The number of amides is 1. The van der Waals surface area contributed by atoms with Crippen LogP contribution in [0.5, 0.6) is 0 Å². The van der Waals surface area contributed by atoms with E-state index >= 15 is 0 Å². The molecule has 1 aromatic heterocycles. The lowest BCUT2D eigenvalue weighted by Crippen LogP contribution is -2.48. The van der Waals surface area contributed by atoms with Crippen molar-refractivity contribution in [3.8, 4) is 0 Å². The summed E-state index contributed by atoms with van der Waals surface area (Å²) in [4.78, 5) is 22.7. The van der Waals surface area contributed by atoms with Crippen molar-refractivity contribution in [1.82, 2.24) is 14.9 Å². The van der Waals surface area contributed by atoms with Crippen LogP contribution in [0.25, 0.3) is 0 Å². The topological polar surface area (TPSA) is 81.6 Å². The summed E-state index contributed by atoms with van der Waals surface area (Å²) in [5.74, 6) is 0.210. The monoisotopic (exact) mass is 395 g/mol. The van der Waals surface area contributed by atoms with Crippen LogP contribution in [-0.2, 0) is 6.18 Å². The Balaban J connectivity index is 1.94. The normalized spacial score (nSPS) is 14.9. The molecule has 0 unspecified atom stereocenters. The molecule has 7 nitrogen and oxygen atoms in total. The SMILES string of the molecule is Cc1cc(C)nc(Nc2cc(C(F)(F)F)ccc2N2CCN(C(=O)O)CC2)n1. The number of nitrogens with one attached hydrogen (secondary N) is 1. The molecular formula is C18H20F3N5O2. The highest BCUT2D eigenvalue weighted by Crippen LogP contribution is 2.36. The summed E-state index contributed by atoms with van der Waals surface area (Å²) in [6.07, 6.45) is -5.49. The van der Waals surface area contributed by atoms with Gasteiger partial charge in [0, 0.05) is 37.6 Å². The largest absolute Gasteiger partial charge is 0.465 e. The summed E-state index contributed by atoms with van der Waals surface area (Å²) in [5, 5.41) is 12.0. The Labute approximate surface area is 159 Å². The predicted octanol–water partition coefficient (Wildman–Crippen LogP) is 3.66. The molecule has 2 heterocycles. The molecule has 150 valence electrons. The number of aromatic nitrogens is 2. The van der Waals surface area contributed by atoms with E-state index in [9.17, 15) is 18.0 Å². The van der Waals surface area contributed by atoms with Crippen molar-refractivity contribution in [2.75, 3.05) is 36.4 Å². The molecule has 0 aliphatic carbocycles. The van der Waals surface area contributed by atoms with Gasteiger partial charge in [-0.15, -0.1) is 0 Å². The molecule has 10 heteroatoms. The number of hydrogen-bond acceptors (Lipinski definition) is 5. The fourth-order valence-corrected chi connectivity index (χ4v) is 3.13. The fraction of sp³-hybridized carbons (Fsp3) is 0.389. The van der Waals surface area contributed by atoms with Crippen LogP contribution in [0.1, 0.15) is 17.0 Å². The highest BCUT2D eigenvalue weighted by atomic mass is 19.4. The minimum absolute atomic E-state index is 0.210. The molecule has 1 aromatic carbocycles. The van der Waals surface area contributed by atoms with Gasteiger partial charge in [0.15, 0.2) is 0 Å². The predicted molar refractivity (Wildman–Crippen MR) is 98.0 cm³/mol. The van der Waals surface area contributed by atoms with E-state index < -0.39 is 17.8 Å². The van der Waals surface area contributed by atoms with Crippen LogP contribution < -0.4 is 10.2 Å². The zero-order valence-electron chi connectivity index (χ0n) is 15.4. The second-order valence-corrected chi connectivity index (χ2v) is 6.59. The van der Waals surface area contributed by atoms with Crippen LogP contribution in [-0.4, -0.2) is 52.2 Å². The number of halogens is 3. The first-order chi connectivity index (χ1) is 13.1. The van der Waals surface area contributed by atoms with Crippen molar-refractivity contribution >= 4 is 23.4 Å². The number of hydrogen-bond donors (Lipinski definition) is 2. The van der Waals surface area contributed by atoms with Crippen LogP contribution in [0, 0.1) is 13.8 Å². The second kappa shape index (κ2) is 7.53. The molecule has 1 fully saturated rings. The summed E-state index contributed by atoms with van der Waals surface area (Å²) in [7, 11) is 0. The number of aryl methyl sites for hydroxylation is 2. The van der Waals surface area contributed by atoms with E-state index in [1.54, 1.807) is 19.9 Å². The summed E-state index contributed by atoms with van der Waals surface area (Å²) in [6, 6.07) is 5.21. The van der Waals surface area contributed by atoms with Gasteiger partial charge in [0.2, 0.25) is 5.95 Å². The Morgan fingerprint density at radius 1 is 1.07 bits per heavy atom. The molecule has 0 radical (unpaired) electrons. The van der Waals surface area contributed by atoms with Gasteiger partial charge in [-0.2, -0.15) is 13.2 Å². The van der Waals surface area contributed by atoms with Gasteiger partial charge in [-0.3, -0.25) is 0 Å². The Kier molecular flexibility index (Phi) is 5.30. The Morgan fingerprint density at radius 3 is 2.21 bits per heavy atom. The summed E-state index contributed by atoms with van der Waals surface area (Å²) in [6.45, 7) is 4.85. The number of alkyl halides is 3. The maximum atomic E-state index is 13.2. The van der Waals surface area contributed by atoms with Crippen LogP contribution in [0.3, 0.4) is 0 Å². The first-order valence-corrected chi connectivity index (χ1v) is 8.67. The first kappa shape index (κ1) is 19.7. The molecule has 0 spiro atoms. The summed E-state index contributed by atoms with van der Waals surface area (Å²) >= 11 is 0. The molecular weight excluding hydrogens is 375 g/mol. The number of piperazine rings is 1. The van der Waals surface area contributed by atoms with Crippen LogP contribution in [0.2, 0.25) is 0 Å². The smallest absolute Gasteiger partial charge is 0.416 e. The lowest BCUT2D eigenvalue weighted by molar-refractivity contribution is -0.137. The van der Waals surface area contributed by atoms with E-state index in [-0.39, 0.29) is 24.7 Å². The molecule has 2 aromatic rings. The number of benzene rings is 1. The highest BCUT2D eigenvalue weighted by Gasteiger charge is 2.32. The van der Waals surface area contributed by atoms with Gasteiger partial charge in [-0.05, 0) is 38.1 Å². The van der Waals surface area contributed by atoms with E-state index in [1.807, 2.05) is 4.90 Å². The van der Waals surface area contributed by atoms with Crippen molar-refractivity contribution < 1.29 is 23.1 Å². The van der Waals surface area contributed by atoms with Gasteiger partial charge in [0.1, 0.15) is 0 Å². The summed E-state index contributed by atoms with van der Waals surface area (Å²) < 4.78 is 39.6. The molecule has 0 saturated carbocycles. The van der Waals surface area contributed by atoms with E-state index in [0.717, 1.165) is 12.1 Å². The van der Waals surface area contributed by atoms with Gasteiger partial charge in [0.25, 0.3) is 0 Å².